The second-order valence-electron chi connectivity index (χ2n) is 5.16. The van der Waals surface area contributed by atoms with Crippen LogP contribution in [0.3, 0.4) is 0 Å². The molecule has 0 amide bonds. The molecule has 0 spiro atoms. The summed E-state index contributed by atoms with van der Waals surface area (Å²) in [5.41, 5.74) is 2.81. The van der Waals surface area contributed by atoms with E-state index < -0.39 is 0 Å². The van der Waals surface area contributed by atoms with Gasteiger partial charge in [-0.2, -0.15) is 0 Å². The third kappa shape index (κ3) is 3.43. The highest BCUT2D eigenvalue weighted by Crippen LogP contribution is 2.25. The molecule has 0 bridgehead atoms. The normalized spacial score (nSPS) is 14.9. The molecule has 2 heterocycles. The maximum absolute atomic E-state index is 3.56. The predicted molar refractivity (Wildman–Crippen MR) is 90.5 cm³/mol. The first kappa shape index (κ1) is 14.1. The van der Waals surface area contributed by atoms with Gasteiger partial charge >= 0.3 is 0 Å². The van der Waals surface area contributed by atoms with Crippen LogP contribution in [-0.4, -0.2) is 13.1 Å². The van der Waals surface area contributed by atoms with Crippen LogP contribution >= 0.6 is 27.3 Å². The molecule has 1 aliphatic rings. The topological polar surface area (TPSA) is 15.3 Å². The molecule has 20 heavy (non-hydrogen) atoms. The molecular formula is C16H19BrN2S. The molecule has 0 unspecified atom stereocenters. The van der Waals surface area contributed by atoms with E-state index in [1.165, 1.54) is 46.5 Å². The highest BCUT2D eigenvalue weighted by molar-refractivity contribution is 9.10. The summed E-state index contributed by atoms with van der Waals surface area (Å²) in [4.78, 5) is 3.88. The van der Waals surface area contributed by atoms with Crippen molar-refractivity contribution >= 4 is 33.0 Å². The standard InChI is InChI=1S/C16H19BrN2S/c17-14-9-15(20-12-14)11-18-10-13-5-1-2-6-16(13)19-7-3-4-8-19/h1-2,5-6,9,12,18H,3-4,7-8,10-11H2. The zero-order valence-electron chi connectivity index (χ0n) is 11.4. The van der Waals surface area contributed by atoms with E-state index in [0.29, 0.717) is 0 Å². The van der Waals surface area contributed by atoms with Crippen molar-refractivity contribution in [2.24, 2.45) is 0 Å². The molecule has 3 rings (SSSR count). The Balaban J connectivity index is 1.62. The highest BCUT2D eigenvalue weighted by atomic mass is 79.9. The average Bonchev–Trinajstić information content (AvgIpc) is 3.11. The van der Waals surface area contributed by atoms with Crippen LogP contribution in [0.15, 0.2) is 40.2 Å². The Hall–Kier alpha value is -0.840. The number of anilines is 1. The van der Waals surface area contributed by atoms with Crippen molar-refractivity contribution in [3.8, 4) is 0 Å². The van der Waals surface area contributed by atoms with Gasteiger partial charge in [-0.3, -0.25) is 0 Å². The van der Waals surface area contributed by atoms with Crippen molar-refractivity contribution in [1.82, 2.24) is 5.32 Å². The number of benzene rings is 1. The van der Waals surface area contributed by atoms with Gasteiger partial charge < -0.3 is 10.2 Å². The maximum atomic E-state index is 3.56. The van der Waals surface area contributed by atoms with Gasteiger partial charge in [0, 0.05) is 46.6 Å². The summed E-state index contributed by atoms with van der Waals surface area (Å²) in [5.74, 6) is 0. The van der Waals surface area contributed by atoms with Crippen LogP contribution in [0, 0.1) is 0 Å². The van der Waals surface area contributed by atoms with Gasteiger partial charge in [-0.15, -0.1) is 11.3 Å². The second kappa shape index (κ2) is 6.74. The molecule has 4 heteroatoms. The molecule has 1 fully saturated rings. The van der Waals surface area contributed by atoms with E-state index in [1.807, 2.05) is 0 Å². The molecule has 106 valence electrons. The fraction of sp³-hybridized carbons (Fsp3) is 0.375. The minimum Gasteiger partial charge on any atom is -0.371 e. The number of halogens is 1. The molecule has 1 aromatic heterocycles. The summed E-state index contributed by atoms with van der Waals surface area (Å²) in [6, 6.07) is 11.0. The number of hydrogen-bond acceptors (Lipinski definition) is 3. The van der Waals surface area contributed by atoms with Crippen LogP contribution < -0.4 is 10.2 Å². The Morgan fingerprint density at radius 3 is 2.70 bits per heavy atom. The Bertz CT molecular complexity index is 561. The zero-order chi connectivity index (χ0) is 13.8. The lowest BCUT2D eigenvalue weighted by molar-refractivity contribution is 0.698. The van der Waals surface area contributed by atoms with Crippen molar-refractivity contribution in [2.45, 2.75) is 25.9 Å². The lowest BCUT2D eigenvalue weighted by Gasteiger charge is -2.21. The summed E-state index contributed by atoms with van der Waals surface area (Å²) < 4.78 is 1.18. The molecule has 2 nitrogen and oxygen atoms in total. The van der Waals surface area contributed by atoms with Crippen molar-refractivity contribution in [1.29, 1.82) is 0 Å². The Kier molecular flexibility index (Phi) is 4.76. The quantitative estimate of drug-likeness (QED) is 0.859. The fourth-order valence-electron chi connectivity index (χ4n) is 2.69. The number of rotatable bonds is 5. The number of para-hydroxylation sites is 1. The zero-order valence-corrected chi connectivity index (χ0v) is 13.8. The number of nitrogens with zero attached hydrogens (tertiary/aromatic N) is 1. The molecule has 1 aliphatic heterocycles. The SMILES string of the molecule is Brc1csc(CNCc2ccccc2N2CCCC2)c1. The van der Waals surface area contributed by atoms with E-state index in [-0.39, 0.29) is 0 Å². The van der Waals surface area contributed by atoms with Crippen LogP contribution in [0.25, 0.3) is 0 Å². The summed E-state index contributed by atoms with van der Waals surface area (Å²) in [7, 11) is 0. The largest absolute Gasteiger partial charge is 0.371 e. The van der Waals surface area contributed by atoms with Gasteiger partial charge in [0.1, 0.15) is 0 Å². The van der Waals surface area contributed by atoms with Gasteiger partial charge in [0.05, 0.1) is 0 Å². The predicted octanol–water partition coefficient (Wildman–Crippen LogP) is 4.40. The Labute approximate surface area is 132 Å². The van der Waals surface area contributed by atoms with Gasteiger partial charge in [-0.25, -0.2) is 0 Å². The van der Waals surface area contributed by atoms with Crippen LogP contribution in [0.1, 0.15) is 23.3 Å². The monoisotopic (exact) mass is 350 g/mol. The third-order valence-electron chi connectivity index (χ3n) is 3.67. The van der Waals surface area contributed by atoms with Crippen LogP contribution in [0.4, 0.5) is 5.69 Å². The molecule has 0 aliphatic carbocycles. The molecule has 1 saturated heterocycles. The van der Waals surface area contributed by atoms with Crippen LogP contribution in [-0.2, 0) is 13.1 Å². The van der Waals surface area contributed by atoms with E-state index >= 15 is 0 Å². The number of nitrogens with one attached hydrogen (secondary N) is 1. The number of hydrogen-bond donors (Lipinski definition) is 1. The fourth-order valence-corrected chi connectivity index (χ4v) is 4.11. The van der Waals surface area contributed by atoms with E-state index in [4.69, 9.17) is 0 Å². The van der Waals surface area contributed by atoms with Gasteiger partial charge in [0.25, 0.3) is 0 Å². The minimum atomic E-state index is 0.933. The first-order valence-electron chi connectivity index (χ1n) is 7.09. The number of thiophene rings is 1. The van der Waals surface area contributed by atoms with E-state index in [0.717, 1.165) is 13.1 Å². The second-order valence-corrected chi connectivity index (χ2v) is 7.07. The first-order valence-corrected chi connectivity index (χ1v) is 8.77. The van der Waals surface area contributed by atoms with Crippen LogP contribution in [0.2, 0.25) is 0 Å². The van der Waals surface area contributed by atoms with Crippen molar-refractivity contribution < 1.29 is 0 Å². The lowest BCUT2D eigenvalue weighted by atomic mass is 10.1. The molecule has 1 N–H and O–H groups in total. The molecule has 2 aromatic rings. The van der Waals surface area contributed by atoms with E-state index in [1.54, 1.807) is 11.3 Å². The smallest absolute Gasteiger partial charge is 0.0411 e. The van der Waals surface area contributed by atoms with Gasteiger partial charge in [0.2, 0.25) is 0 Å². The third-order valence-corrected chi connectivity index (χ3v) is 5.37. The van der Waals surface area contributed by atoms with E-state index in [9.17, 15) is 0 Å². The van der Waals surface area contributed by atoms with E-state index in [2.05, 4.69) is 61.9 Å². The highest BCUT2D eigenvalue weighted by Gasteiger charge is 2.14. The Morgan fingerprint density at radius 1 is 1.15 bits per heavy atom. The van der Waals surface area contributed by atoms with Crippen molar-refractivity contribution in [3.05, 3.63) is 50.6 Å². The maximum Gasteiger partial charge on any atom is 0.0411 e. The van der Waals surface area contributed by atoms with Crippen LogP contribution in [0.5, 0.6) is 0 Å². The summed E-state index contributed by atoms with van der Waals surface area (Å²) in [5, 5.41) is 5.69. The summed E-state index contributed by atoms with van der Waals surface area (Å²) in [6.45, 7) is 4.27. The molecular weight excluding hydrogens is 332 g/mol. The van der Waals surface area contributed by atoms with Crippen molar-refractivity contribution in [2.75, 3.05) is 18.0 Å². The molecule has 0 saturated carbocycles. The Morgan fingerprint density at radius 2 is 1.95 bits per heavy atom. The lowest BCUT2D eigenvalue weighted by Crippen LogP contribution is -2.21. The average molecular weight is 351 g/mol. The molecule has 1 aromatic carbocycles. The first-order chi connectivity index (χ1) is 9.83. The summed E-state index contributed by atoms with van der Waals surface area (Å²) >= 11 is 5.30. The molecule has 0 radical (unpaired) electrons. The summed E-state index contributed by atoms with van der Waals surface area (Å²) in [6.07, 6.45) is 2.65. The minimum absolute atomic E-state index is 0.933. The van der Waals surface area contributed by atoms with Crippen molar-refractivity contribution in [3.63, 3.8) is 0 Å². The van der Waals surface area contributed by atoms with Gasteiger partial charge in [-0.1, -0.05) is 18.2 Å². The molecule has 0 atom stereocenters. The van der Waals surface area contributed by atoms with Gasteiger partial charge in [0.15, 0.2) is 0 Å². The van der Waals surface area contributed by atoms with Gasteiger partial charge in [-0.05, 0) is 46.5 Å².